The summed E-state index contributed by atoms with van der Waals surface area (Å²) in [6, 6.07) is -0.0960. The van der Waals surface area contributed by atoms with Gasteiger partial charge in [0, 0.05) is 49.8 Å². The lowest BCUT2D eigenvalue weighted by Crippen LogP contribution is -2.59. The van der Waals surface area contributed by atoms with E-state index < -0.39 is 11.4 Å². The standard InChI is InChI=1S/C18H31N3O3S/c1-17(15(22)23)7-8-20(14-17)16(24)19-13-18(5-3-2-4-6-18)21-9-11-25-12-10-21/h2-14H2,1H3,(H,19,24)(H,22,23). The number of carbonyl (C=O) groups is 2. The van der Waals surface area contributed by atoms with E-state index in [-0.39, 0.29) is 11.6 Å². The normalized spacial score (nSPS) is 30.2. The second-order valence-electron chi connectivity index (χ2n) is 8.08. The molecule has 7 heteroatoms. The van der Waals surface area contributed by atoms with Crippen LogP contribution in [0, 0.1) is 5.41 Å². The zero-order chi connectivity index (χ0) is 17.9. The topological polar surface area (TPSA) is 72.9 Å². The van der Waals surface area contributed by atoms with Gasteiger partial charge in [-0.1, -0.05) is 19.3 Å². The maximum Gasteiger partial charge on any atom is 0.317 e. The molecule has 142 valence electrons. The number of nitrogens with one attached hydrogen (secondary N) is 1. The first-order valence-electron chi connectivity index (χ1n) is 9.54. The highest BCUT2D eigenvalue weighted by Gasteiger charge is 2.43. The van der Waals surface area contributed by atoms with E-state index in [4.69, 9.17) is 0 Å². The zero-order valence-corrected chi connectivity index (χ0v) is 16.1. The molecule has 3 fully saturated rings. The molecule has 3 rings (SSSR count). The van der Waals surface area contributed by atoms with E-state index in [1.165, 1.54) is 30.8 Å². The number of hydrogen-bond donors (Lipinski definition) is 2. The fourth-order valence-corrected chi connectivity index (χ4v) is 5.42. The first-order chi connectivity index (χ1) is 12.0. The lowest BCUT2D eigenvalue weighted by atomic mass is 9.80. The van der Waals surface area contributed by atoms with E-state index in [0.29, 0.717) is 26.1 Å². The summed E-state index contributed by atoms with van der Waals surface area (Å²) < 4.78 is 0. The van der Waals surface area contributed by atoms with E-state index in [1.54, 1.807) is 11.8 Å². The summed E-state index contributed by atoms with van der Waals surface area (Å²) in [7, 11) is 0. The number of carboxylic acids is 1. The van der Waals surface area contributed by atoms with Crippen molar-refractivity contribution in [2.24, 2.45) is 5.41 Å². The Hall–Kier alpha value is -0.950. The highest BCUT2D eigenvalue weighted by atomic mass is 32.2. The van der Waals surface area contributed by atoms with E-state index >= 15 is 0 Å². The summed E-state index contributed by atoms with van der Waals surface area (Å²) in [4.78, 5) is 28.3. The van der Waals surface area contributed by atoms with Crippen LogP contribution in [-0.4, -0.2) is 76.7 Å². The summed E-state index contributed by atoms with van der Waals surface area (Å²) in [5.74, 6) is 1.55. The SMILES string of the molecule is CC1(C(=O)O)CCN(C(=O)NCC2(N3CCSCC3)CCCCC2)C1. The molecule has 0 spiro atoms. The third-order valence-electron chi connectivity index (χ3n) is 6.31. The molecule has 3 aliphatic rings. The van der Waals surface area contributed by atoms with Crippen molar-refractivity contribution in [3.05, 3.63) is 0 Å². The van der Waals surface area contributed by atoms with E-state index in [1.807, 2.05) is 11.8 Å². The molecule has 1 unspecified atom stereocenters. The molecule has 25 heavy (non-hydrogen) atoms. The Morgan fingerprint density at radius 1 is 1.08 bits per heavy atom. The first-order valence-corrected chi connectivity index (χ1v) is 10.7. The Bertz CT molecular complexity index is 504. The second-order valence-corrected chi connectivity index (χ2v) is 9.31. The number of carboxylic acid groups (broad SMARTS) is 1. The average molecular weight is 370 g/mol. The molecular weight excluding hydrogens is 338 g/mol. The van der Waals surface area contributed by atoms with Crippen molar-refractivity contribution in [3.8, 4) is 0 Å². The predicted octanol–water partition coefficient (Wildman–Crippen LogP) is 2.24. The number of aliphatic carboxylic acids is 1. The number of likely N-dealkylation sites (tertiary alicyclic amines) is 1. The van der Waals surface area contributed by atoms with Gasteiger partial charge in [0.1, 0.15) is 0 Å². The number of rotatable bonds is 4. The monoisotopic (exact) mass is 369 g/mol. The Morgan fingerprint density at radius 3 is 2.36 bits per heavy atom. The third-order valence-corrected chi connectivity index (χ3v) is 7.25. The minimum Gasteiger partial charge on any atom is -0.481 e. The van der Waals surface area contributed by atoms with Crippen molar-refractivity contribution in [3.63, 3.8) is 0 Å². The molecule has 0 bridgehead atoms. The molecule has 0 radical (unpaired) electrons. The molecule has 1 saturated carbocycles. The predicted molar refractivity (Wildman–Crippen MR) is 100 cm³/mol. The van der Waals surface area contributed by atoms with Gasteiger partial charge in [-0.3, -0.25) is 9.69 Å². The molecule has 0 aromatic carbocycles. The smallest absolute Gasteiger partial charge is 0.317 e. The van der Waals surface area contributed by atoms with Gasteiger partial charge in [0.25, 0.3) is 0 Å². The van der Waals surface area contributed by atoms with Gasteiger partial charge in [-0.2, -0.15) is 11.8 Å². The molecular formula is C18H31N3O3S. The van der Waals surface area contributed by atoms with E-state index in [9.17, 15) is 14.7 Å². The van der Waals surface area contributed by atoms with Gasteiger partial charge in [-0.15, -0.1) is 0 Å². The van der Waals surface area contributed by atoms with E-state index in [0.717, 1.165) is 25.9 Å². The van der Waals surface area contributed by atoms with Crippen molar-refractivity contribution in [2.75, 3.05) is 44.2 Å². The third kappa shape index (κ3) is 4.08. The molecule has 1 aliphatic carbocycles. The molecule has 2 aliphatic heterocycles. The molecule has 0 aromatic rings. The number of amides is 2. The van der Waals surface area contributed by atoms with Crippen LogP contribution in [0.4, 0.5) is 4.79 Å². The molecule has 2 heterocycles. The van der Waals surface area contributed by atoms with Crippen molar-refractivity contribution in [1.82, 2.24) is 15.1 Å². The molecule has 2 N–H and O–H groups in total. The van der Waals surface area contributed by atoms with Crippen LogP contribution in [0.2, 0.25) is 0 Å². The Balaban J connectivity index is 1.59. The van der Waals surface area contributed by atoms with Crippen molar-refractivity contribution in [2.45, 2.75) is 51.0 Å². The minimum absolute atomic E-state index is 0.0960. The Labute approximate surface area is 154 Å². The van der Waals surface area contributed by atoms with Crippen LogP contribution >= 0.6 is 11.8 Å². The summed E-state index contributed by atoms with van der Waals surface area (Å²) in [5, 5.41) is 12.5. The maximum atomic E-state index is 12.6. The molecule has 6 nitrogen and oxygen atoms in total. The lowest BCUT2D eigenvalue weighted by molar-refractivity contribution is -0.147. The maximum absolute atomic E-state index is 12.6. The van der Waals surface area contributed by atoms with Gasteiger partial charge in [0.2, 0.25) is 0 Å². The van der Waals surface area contributed by atoms with Gasteiger partial charge in [-0.25, -0.2) is 4.79 Å². The highest BCUT2D eigenvalue weighted by molar-refractivity contribution is 7.99. The summed E-state index contributed by atoms with van der Waals surface area (Å²) in [5.41, 5.74) is -0.700. The number of hydrogen-bond acceptors (Lipinski definition) is 4. The van der Waals surface area contributed by atoms with Crippen molar-refractivity contribution >= 4 is 23.8 Å². The van der Waals surface area contributed by atoms with Crippen LogP contribution in [0.5, 0.6) is 0 Å². The van der Waals surface area contributed by atoms with Crippen LogP contribution in [0.3, 0.4) is 0 Å². The molecule has 0 aromatic heterocycles. The average Bonchev–Trinajstić information content (AvgIpc) is 3.05. The van der Waals surface area contributed by atoms with Gasteiger partial charge in [0.05, 0.1) is 5.41 Å². The highest BCUT2D eigenvalue weighted by Crippen LogP contribution is 2.35. The summed E-state index contributed by atoms with van der Waals surface area (Å²) >= 11 is 2.02. The van der Waals surface area contributed by atoms with Crippen molar-refractivity contribution < 1.29 is 14.7 Å². The minimum atomic E-state index is -0.808. The van der Waals surface area contributed by atoms with Crippen LogP contribution in [0.1, 0.15) is 45.4 Å². The first kappa shape index (κ1) is 18.8. The quantitative estimate of drug-likeness (QED) is 0.795. The van der Waals surface area contributed by atoms with Crippen LogP contribution < -0.4 is 5.32 Å². The van der Waals surface area contributed by atoms with Gasteiger partial charge in [0.15, 0.2) is 0 Å². The molecule has 1 atom stereocenters. The number of thioether (sulfide) groups is 1. The van der Waals surface area contributed by atoms with Crippen LogP contribution in [0.25, 0.3) is 0 Å². The Morgan fingerprint density at radius 2 is 1.76 bits per heavy atom. The number of carbonyl (C=O) groups excluding carboxylic acids is 1. The second kappa shape index (κ2) is 7.74. The number of urea groups is 1. The fraction of sp³-hybridized carbons (Fsp3) is 0.889. The van der Waals surface area contributed by atoms with Gasteiger partial charge in [-0.05, 0) is 26.2 Å². The fourth-order valence-electron chi connectivity index (χ4n) is 4.51. The van der Waals surface area contributed by atoms with Gasteiger partial charge < -0.3 is 15.3 Å². The zero-order valence-electron chi connectivity index (χ0n) is 15.3. The Kier molecular flexibility index (Phi) is 5.83. The van der Waals surface area contributed by atoms with Gasteiger partial charge >= 0.3 is 12.0 Å². The van der Waals surface area contributed by atoms with Crippen molar-refractivity contribution in [1.29, 1.82) is 0 Å². The lowest BCUT2D eigenvalue weighted by Gasteiger charge is -2.48. The largest absolute Gasteiger partial charge is 0.481 e. The van der Waals surface area contributed by atoms with E-state index in [2.05, 4.69) is 10.2 Å². The number of nitrogens with zero attached hydrogens (tertiary/aromatic N) is 2. The molecule has 2 saturated heterocycles. The van der Waals surface area contributed by atoms with Crippen LogP contribution in [-0.2, 0) is 4.79 Å². The summed E-state index contributed by atoms with van der Waals surface area (Å²) in [6.07, 6.45) is 6.61. The summed E-state index contributed by atoms with van der Waals surface area (Å²) in [6.45, 7) is 5.49. The van der Waals surface area contributed by atoms with Crippen LogP contribution in [0.15, 0.2) is 0 Å². The molecule has 2 amide bonds.